The molecular formula is C10H9ClN2O2. The summed E-state index contributed by atoms with van der Waals surface area (Å²) in [6, 6.07) is 5.27. The molecular weight excluding hydrogens is 216 g/mol. The zero-order valence-corrected chi connectivity index (χ0v) is 8.60. The second-order valence-corrected chi connectivity index (χ2v) is 3.66. The molecule has 2 rings (SSSR count). The van der Waals surface area contributed by atoms with Crippen LogP contribution in [-0.4, -0.2) is 11.3 Å². The van der Waals surface area contributed by atoms with Gasteiger partial charge in [-0.25, -0.2) is 0 Å². The Kier molecular flexibility index (Phi) is 2.60. The maximum atomic E-state index is 11.1. The molecule has 2 amide bonds. The predicted molar refractivity (Wildman–Crippen MR) is 58.3 cm³/mol. The fourth-order valence-corrected chi connectivity index (χ4v) is 1.68. The van der Waals surface area contributed by atoms with Gasteiger partial charge in [-0.05, 0) is 41.8 Å². The summed E-state index contributed by atoms with van der Waals surface area (Å²) in [5.74, 6) is 0.0247. The van der Waals surface area contributed by atoms with E-state index in [9.17, 15) is 9.59 Å². The normalized spacial score (nSPS) is 14.1. The lowest BCUT2D eigenvalue weighted by Gasteiger charge is -2.17. The highest BCUT2D eigenvalue weighted by Crippen LogP contribution is 2.25. The van der Waals surface area contributed by atoms with Crippen LogP contribution in [0.25, 0.3) is 0 Å². The monoisotopic (exact) mass is 224 g/mol. The van der Waals surface area contributed by atoms with Crippen LogP contribution >= 0.6 is 11.6 Å². The molecule has 1 aromatic carbocycles. The summed E-state index contributed by atoms with van der Waals surface area (Å²) < 4.78 is 0. The third-order valence-electron chi connectivity index (χ3n) is 2.24. The van der Waals surface area contributed by atoms with Crippen molar-refractivity contribution >= 4 is 34.2 Å². The van der Waals surface area contributed by atoms with E-state index in [-0.39, 0.29) is 5.91 Å². The lowest BCUT2D eigenvalue weighted by Crippen LogP contribution is -2.19. The summed E-state index contributed by atoms with van der Waals surface area (Å²) >= 11 is 5.20. The van der Waals surface area contributed by atoms with E-state index in [1.54, 1.807) is 12.1 Å². The van der Waals surface area contributed by atoms with Crippen molar-refractivity contribution in [2.45, 2.75) is 12.8 Å². The van der Waals surface area contributed by atoms with Crippen molar-refractivity contribution in [3.8, 4) is 0 Å². The minimum atomic E-state index is -0.616. The maximum Gasteiger partial charge on any atom is 0.318 e. The van der Waals surface area contributed by atoms with Crippen LogP contribution in [0.2, 0.25) is 0 Å². The molecule has 0 radical (unpaired) electrons. The van der Waals surface area contributed by atoms with Crippen LogP contribution in [0.1, 0.15) is 12.0 Å². The molecule has 0 bridgehead atoms. The number of nitrogens with one attached hydrogen (secondary N) is 2. The molecule has 2 N–H and O–H groups in total. The van der Waals surface area contributed by atoms with E-state index in [2.05, 4.69) is 10.6 Å². The fourth-order valence-electron chi connectivity index (χ4n) is 1.57. The van der Waals surface area contributed by atoms with Crippen molar-refractivity contribution in [1.82, 2.24) is 0 Å². The van der Waals surface area contributed by atoms with E-state index in [1.807, 2.05) is 6.07 Å². The second kappa shape index (κ2) is 3.90. The zero-order chi connectivity index (χ0) is 10.8. The largest absolute Gasteiger partial charge is 0.326 e. The molecule has 0 saturated heterocycles. The van der Waals surface area contributed by atoms with Crippen molar-refractivity contribution in [3.63, 3.8) is 0 Å². The summed E-state index contributed by atoms with van der Waals surface area (Å²) in [5, 5.41) is 4.62. The number of hydrogen-bond donors (Lipinski definition) is 2. The molecule has 0 aromatic heterocycles. The number of aryl methyl sites for hydroxylation is 1. The quantitative estimate of drug-likeness (QED) is 0.568. The highest BCUT2D eigenvalue weighted by atomic mass is 35.5. The summed E-state index contributed by atoms with van der Waals surface area (Å²) in [7, 11) is 0. The molecule has 1 aliphatic rings. The molecule has 0 atom stereocenters. The number of carbonyl (C=O) groups is 2. The van der Waals surface area contributed by atoms with Gasteiger partial charge in [-0.3, -0.25) is 9.59 Å². The number of halogens is 1. The second-order valence-electron chi connectivity index (χ2n) is 3.32. The van der Waals surface area contributed by atoms with Gasteiger partial charge in [-0.2, -0.15) is 0 Å². The Labute approximate surface area is 91.6 Å². The Bertz CT molecular complexity index is 431. The number of anilines is 2. The highest BCUT2D eigenvalue weighted by molar-refractivity contribution is 6.65. The van der Waals surface area contributed by atoms with Crippen LogP contribution in [0.15, 0.2) is 18.2 Å². The number of fused-ring (bicyclic) bond motifs is 1. The summed E-state index contributed by atoms with van der Waals surface area (Å²) in [4.78, 5) is 21.7. The Morgan fingerprint density at radius 3 is 2.93 bits per heavy atom. The van der Waals surface area contributed by atoms with Gasteiger partial charge in [0.2, 0.25) is 5.91 Å². The molecule has 0 aliphatic carbocycles. The van der Waals surface area contributed by atoms with Gasteiger partial charge in [0, 0.05) is 17.8 Å². The molecule has 1 heterocycles. The average Bonchev–Trinajstić information content (AvgIpc) is 2.17. The lowest BCUT2D eigenvalue weighted by atomic mass is 10.0. The van der Waals surface area contributed by atoms with Gasteiger partial charge in [-0.1, -0.05) is 0 Å². The first-order chi connectivity index (χ1) is 7.15. The number of carbonyl (C=O) groups excluding carboxylic acids is 2. The van der Waals surface area contributed by atoms with Crippen molar-refractivity contribution in [2.24, 2.45) is 0 Å². The van der Waals surface area contributed by atoms with Gasteiger partial charge in [-0.15, -0.1) is 0 Å². The van der Waals surface area contributed by atoms with Crippen molar-refractivity contribution in [3.05, 3.63) is 23.8 Å². The smallest absolute Gasteiger partial charge is 0.318 e. The highest BCUT2D eigenvalue weighted by Gasteiger charge is 2.14. The van der Waals surface area contributed by atoms with E-state index in [0.29, 0.717) is 18.5 Å². The zero-order valence-electron chi connectivity index (χ0n) is 7.84. The first-order valence-corrected chi connectivity index (χ1v) is 4.92. The molecule has 1 aliphatic heterocycles. The molecule has 5 heteroatoms. The first-order valence-electron chi connectivity index (χ1n) is 4.54. The van der Waals surface area contributed by atoms with Crippen LogP contribution in [0, 0.1) is 0 Å². The SMILES string of the molecule is O=C(Cl)Nc1ccc2c(c1)CCC(=O)N2. The van der Waals surface area contributed by atoms with Gasteiger partial charge >= 0.3 is 5.37 Å². The predicted octanol–water partition coefficient (Wildman–Crippen LogP) is 2.34. The Morgan fingerprint density at radius 1 is 1.40 bits per heavy atom. The standard InChI is InChI=1S/C10H9ClN2O2/c11-10(15)12-7-2-3-8-6(5-7)1-4-9(14)13-8/h2-3,5H,1,4H2,(H,12,15)(H,13,14). The Hall–Kier alpha value is -1.55. The van der Waals surface area contributed by atoms with E-state index >= 15 is 0 Å². The maximum absolute atomic E-state index is 11.1. The van der Waals surface area contributed by atoms with Crippen molar-refractivity contribution < 1.29 is 9.59 Å². The third-order valence-corrected chi connectivity index (χ3v) is 2.34. The third kappa shape index (κ3) is 2.27. The first kappa shape index (κ1) is 9.98. The van der Waals surface area contributed by atoms with Crippen LogP contribution in [0.5, 0.6) is 0 Å². The van der Waals surface area contributed by atoms with Gasteiger partial charge in [0.15, 0.2) is 0 Å². The molecule has 78 valence electrons. The summed E-state index contributed by atoms with van der Waals surface area (Å²) in [6.07, 6.45) is 1.17. The summed E-state index contributed by atoms with van der Waals surface area (Å²) in [6.45, 7) is 0. The van der Waals surface area contributed by atoms with E-state index in [1.165, 1.54) is 0 Å². The van der Waals surface area contributed by atoms with E-state index < -0.39 is 5.37 Å². The lowest BCUT2D eigenvalue weighted by molar-refractivity contribution is -0.116. The molecule has 1 aromatic rings. The molecule has 0 unspecified atom stereocenters. The van der Waals surface area contributed by atoms with Gasteiger partial charge < -0.3 is 10.6 Å². The molecule has 0 spiro atoms. The average molecular weight is 225 g/mol. The number of amides is 2. The summed E-state index contributed by atoms with van der Waals surface area (Å²) in [5.41, 5.74) is 2.46. The van der Waals surface area contributed by atoms with Gasteiger partial charge in [0.25, 0.3) is 0 Å². The fraction of sp³-hybridized carbons (Fsp3) is 0.200. The van der Waals surface area contributed by atoms with Crippen LogP contribution in [-0.2, 0) is 11.2 Å². The topological polar surface area (TPSA) is 58.2 Å². The van der Waals surface area contributed by atoms with E-state index in [0.717, 1.165) is 11.3 Å². The molecule has 15 heavy (non-hydrogen) atoms. The number of benzene rings is 1. The Balaban J connectivity index is 2.26. The van der Waals surface area contributed by atoms with Crippen LogP contribution in [0.3, 0.4) is 0 Å². The molecule has 0 fully saturated rings. The Morgan fingerprint density at radius 2 is 2.20 bits per heavy atom. The van der Waals surface area contributed by atoms with Crippen molar-refractivity contribution in [2.75, 3.05) is 10.6 Å². The van der Waals surface area contributed by atoms with Gasteiger partial charge in [0.1, 0.15) is 0 Å². The van der Waals surface area contributed by atoms with E-state index in [4.69, 9.17) is 11.6 Å². The van der Waals surface area contributed by atoms with Gasteiger partial charge in [0.05, 0.1) is 0 Å². The van der Waals surface area contributed by atoms with Crippen molar-refractivity contribution in [1.29, 1.82) is 0 Å². The minimum Gasteiger partial charge on any atom is -0.326 e. The minimum absolute atomic E-state index is 0.0247. The molecule has 4 nitrogen and oxygen atoms in total. The van der Waals surface area contributed by atoms with Crippen LogP contribution < -0.4 is 10.6 Å². The molecule has 0 saturated carbocycles. The number of hydrogen-bond acceptors (Lipinski definition) is 2. The number of rotatable bonds is 1. The van der Waals surface area contributed by atoms with Crippen LogP contribution in [0.4, 0.5) is 16.2 Å².